The molecule has 5 nitrogen and oxygen atoms in total. The number of hydrogen-bond acceptors (Lipinski definition) is 5. The van der Waals surface area contributed by atoms with Gasteiger partial charge >= 0.3 is 0 Å². The van der Waals surface area contributed by atoms with Gasteiger partial charge in [0.05, 0.1) is 11.2 Å². The van der Waals surface area contributed by atoms with Crippen molar-refractivity contribution in [2.24, 2.45) is 0 Å². The molecule has 6 heteroatoms. The number of aromatic nitrogens is 3. The second-order valence-corrected chi connectivity index (χ2v) is 5.41. The lowest BCUT2D eigenvalue weighted by molar-refractivity contribution is 0.455. The van der Waals surface area contributed by atoms with Gasteiger partial charge in [-0.1, -0.05) is 32.4 Å². The van der Waals surface area contributed by atoms with Crippen LogP contribution in [0.4, 0.5) is 5.82 Å². The SMILES string of the molecule is CCCNc1cc(Oc2cncc(Cl)c2)nc(C(C)C)n1. The molecule has 0 saturated carbocycles. The van der Waals surface area contributed by atoms with Crippen LogP contribution in [0, 0.1) is 0 Å². The summed E-state index contributed by atoms with van der Waals surface area (Å²) in [5.41, 5.74) is 0. The maximum Gasteiger partial charge on any atom is 0.224 e. The Hall–Kier alpha value is -1.88. The largest absolute Gasteiger partial charge is 0.437 e. The van der Waals surface area contributed by atoms with Crippen molar-refractivity contribution < 1.29 is 4.74 Å². The van der Waals surface area contributed by atoms with E-state index in [4.69, 9.17) is 16.3 Å². The van der Waals surface area contributed by atoms with E-state index in [1.54, 1.807) is 24.5 Å². The van der Waals surface area contributed by atoms with E-state index in [1.807, 2.05) is 13.8 Å². The molecule has 2 rings (SSSR count). The van der Waals surface area contributed by atoms with E-state index in [0.29, 0.717) is 16.7 Å². The molecular weight excluding hydrogens is 288 g/mol. The molecule has 0 unspecified atom stereocenters. The highest BCUT2D eigenvalue weighted by molar-refractivity contribution is 6.30. The summed E-state index contributed by atoms with van der Waals surface area (Å²) in [5.74, 6) is 2.75. The van der Waals surface area contributed by atoms with Gasteiger partial charge < -0.3 is 10.1 Å². The van der Waals surface area contributed by atoms with Crippen LogP contribution in [-0.4, -0.2) is 21.5 Å². The lowest BCUT2D eigenvalue weighted by atomic mass is 10.2. The first-order valence-corrected chi connectivity index (χ1v) is 7.37. The van der Waals surface area contributed by atoms with Gasteiger partial charge in [-0.15, -0.1) is 0 Å². The Morgan fingerprint density at radius 1 is 1.24 bits per heavy atom. The Bertz CT molecular complexity index is 604. The Balaban J connectivity index is 2.26. The molecule has 112 valence electrons. The molecule has 0 fully saturated rings. The van der Waals surface area contributed by atoms with Crippen LogP contribution in [0.5, 0.6) is 11.6 Å². The smallest absolute Gasteiger partial charge is 0.224 e. The third-order valence-corrected chi connectivity index (χ3v) is 2.90. The van der Waals surface area contributed by atoms with Crippen molar-refractivity contribution in [3.63, 3.8) is 0 Å². The lowest BCUT2D eigenvalue weighted by Gasteiger charge is -2.11. The summed E-state index contributed by atoms with van der Waals surface area (Å²) in [6, 6.07) is 3.48. The van der Waals surface area contributed by atoms with Crippen molar-refractivity contribution in [1.29, 1.82) is 0 Å². The zero-order chi connectivity index (χ0) is 15.2. The molecule has 2 aromatic heterocycles. The minimum absolute atomic E-state index is 0.216. The lowest BCUT2D eigenvalue weighted by Crippen LogP contribution is -2.07. The molecule has 2 heterocycles. The van der Waals surface area contributed by atoms with Gasteiger partial charge in [-0.25, -0.2) is 4.98 Å². The molecule has 0 aliphatic carbocycles. The van der Waals surface area contributed by atoms with Crippen molar-refractivity contribution >= 4 is 17.4 Å². The van der Waals surface area contributed by atoms with Crippen molar-refractivity contribution in [2.75, 3.05) is 11.9 Å². The maximum absolute atomic E-state index is 5.90. The first-order valence-electron chi connectivity index (χ1n) is 6.99. The zero-order valence-corrected chi connectivity index (χ0v) is 13.2. The number of rotatable bonds is 6. The molecule has 0 saturated heterocycles. The van der Waals surface area contributed by atoms with Crippen LogP contribution in [-0.2, 0) is 0 Å². The standard InChI is InChI=1S/C15H19ClN4O/c1-4-5-18-13-7-14(20-15(19-13)10(2)3)21-12-6-11(16)8-17-9-12/h6-10H,4-5H2,1-3H3,(H,18,19,20). The number of nitrogens with zero attached hydrogens (tertiary/aromatic N) is 3. The molecule has 0 amide bonds. The van der Waals surface area contributed by atoms with Gasteiger partial charge in [0.15, 0.2) is 0 Å². The van der Waals surface area contributed by atoms with Crippen molar-refractivity contribution in [1.82, 2.24) is 15.0 Å². The molecule has 0 spiro atoms. The third kappa shape index (κ3) is 4.56. The van der Waals surface area contributed by atoms with E-state index < -0.39 is 0 Å². The fourth-order valence-electron chi connectivity index (χ4n) is 1.67. The third-order valence-electron chi connectivity index (χ3n) is 2.69. The van der Waals surface area contributed by atoms with Crippen molar-refractivity contribution in [3.8, 4) is 11.6 Å². The fraction of sp³-hybridized carbons (Fsp3) is 0.400. The van der Waals surface area contributed by atoms with Crippen LogP contribution < -0.4 is 10.1 Å². The van der Waals surface area contributed by atoms with Crippen LogP contribution in [0.15, 0.2) is 24.5 Å². The maximum atomic E-state index is 5.90. The molecule has 0 aliphatic heterocycles. The summed E-state index contributed by atoms with van der Waals surface area (Å²) in [6.07, 6.45) is 4.18. The molecular formula is C15H19ClN4O. The van der Waals surface area contributed by atoms with Crippen LogP contribution in [0.1, 0.15) is 38.9 Å². The quantitative estimate of drug-likeness (QED) is 0.864. The molecule has 0 aliphatic rings. The number of pyridine rings is 1. The summed E-state index contributed by atoms with van der Waals surface area (Å²) >= 11 is 5.90. The zero-order valence-electron chi connectivity index (χ0n) is 12.4. The van der Waals surface area contributed by atoms with E-state index in [2.05, 4.69) is 27.2 Å². The molecule has 0 atom stereocenters. The molecule has 0 aromatic carbocycles. The van der Waals surface area contributed by atoms with Crippen LogP contribution in [0.25, 0.3) is 0 Å². The summed E-state index contributed by atoms with van der Waals surface area (Å²) in [5, 5.41) is 3.78. The Morgan fingerprint density at radius 3 is 2.71 bits per heavy atom. The van der Waals surface area contributed by atoms with Gasteiger partial charge in [0.2, 0.25) is 5.88 Å². The van der Waals surface area contributed by atoms with Crippen molar-refractivity contribution in [2.45, 2.75) is 33.1 Å². The summed E-state index contributed by atoms with van der Waals surface area (Å²) in [6.45, 7) is 7.05. The minimum Gasteiger partial charge on any atom is -0.437 e. The second-order valence-electron chi connectivity index (χ2n) is 4.97. The summed E-state index contributed by atoms with van der Waals surface area (Å²) < 4.78 is 5.73. The normalized spacial score (nSPS) is 10.7. The fourth-order valence-corrected chi connectivity index (χ4v) is 1.83. The molecule has 2 aromatic rings. The van der Waals surface area contributed by atoms with Gasteiger partial charge in [0.25, 0.3) is 0 Å². The van der Waals surface area contributed by atoms with E-state index in [1.165, 1.54) is 0 Å². The van der Waals surface area contributed by atoms with E-state index in [9.17, 15) is 0 Å². The molecule has 0 bridgehead atoms. The van der Waals surface area contributed by atoms with Gasteiger partial charge in [0, 0.05) is 30.8 Å². The molecule has 0 radical (unpaired) electrons. The predicted octanol–water partition coefficient (Wildman–Crippen LogP) is 4.26. The highest BCUT2D eigenvalue weighted by Crippen LogP contribution is 2.25. The predicted molar refractivity (Wildman–Crippen MR) is 84.2 cm³/mol. The number of ether oxygens (including phenoxy) is 1. The topological polar surface area (TPSA) is 59.9 Å². The Morgan fingerprint density at radius 2 is 2.05 bits per heavy atom. The van der Waals surface area contributed by atoms with Crippen LogP contribution >= 0.6 is 11.6 Å². The monoisotopic (exact) mass is 306 g/mol. The summed E-state index contributed by atoms with van der Waals surface area (Å²) in [7, 11) is 0. The number of nitrogens with one attached hydrogen (secondary N) is 1. The highest BCUT2D eigenvalue weighted by Gasteiger charge is 2.10. The second kappa shape index (κ2) is 7.22. The van der Waals surface area contributed by atoms with Gasteiger partial charge in [-0.2, -0.15) is 4.98 Å². The average Bonchev–Trinajstić information content (AvgIpc) is 2.45. The Labute approximate surface area is 129 Å². The van der Waals surface area contributed by atoms with E-state index >= 15 is 0 Å². The number of hydrogen-bond donors (Lipinski definition) is 1. The average molecular weight is 307 g/mol. The van der Waals surface area contributed by atoms with Crippen LogP contribution in [0.3, 0.4) is 0 Å². The minimum atomic E-state index is 0.216. The summed E-state index contributed by atoms with van der Waals surface area (Å²) in [4.78, 5) is 12.9. The first-order chi connectivity index (χ1) is 10.1. The van der Waals surface area contributed by atoms with Crippen LogP contribution in [0.2, 0.25) is 5.02 Å². The molecule has 1 N–H and O–H groups in total. The van der Waals surface area contributed by atoms with Gasteiger partial charge in [-0.05, 0) is 6.42 Å². The first kappa shape index (κ1) is 15.5. The number of halogens is 1. The highest BCUT2D eigenvalue weighted by atomic mass is 35.5. The molecule has 21 heavy (non-hydrogen) atoms. The van der Waals surface area contributed by atoms with E-state index in [-0.39, 0.29) is 5.92 Å². The van der Waals surface area contributed by atoms with Crippen molar-refractivity contribution in [3.05, 3.63) is 35.4 Å². The number of anilines is 1. The van der Waals surface area contributed by atoms with Gasteiger partial charge in [-0.3, -0.25) is 4.98 Å². The van der Waals surface area contributed by atoms with E-state index in [0.717, 1.165) is 24.6 Å². The van der Waals surface area contributed by atoms with Gasteiger partial charge in [0.1, 0.15) is 17.4 Å². The Kier molecular flexibility index (Phi) is 5.33.